The molecule has 2 unspecified atom stereocenters. The minimum atomic E-state index is -0.696. The molecule has 1 heterocycles. The van der Waals surface area contributed by atoms with Gasteiger partial charge in [-0.05, 0) is 67.7 Å². The summed E-state index contributed by atoms with van der Waals surface area (Å²) in [5.41, 5.74) is 2.79. The van der Waals surface area contributed by atoms with Crippen molar-refractivity contribution < 1.29 is 19.1 Å². The highest BCUT2D eigenvalue weighted by molar-refractivity contribution is 7.17. The number of methoxy groups -OCH3 is 1. The normalized spacial score (nSPS) is 17.1. The number of nitrogens with one attached hydrogen (secondary N) is 1. The van der Waals surface area contributed by atoms with E-state index in [9.17, 15) is 9.59 Å². The van der Waals surface area contributed by atoms with Gasteiger partial charge in [-0.3, -0.25) is 4.79 Å². The van der Waals surface area contributed by atoms with E-state index in [2.05, 4.69) is 26.1 Å². The van der Waals surface area contributed by atoms with E-state index in [0.717, 1.165) is 30.4 Å². The van der Waals surface area contributed by atoms with Crippen molar-refractivity contribution in [3.8, 4) is 5.75 Å². The molecule has 162 valence electrons. The number of hydrogen-bond acceptors (Lipinski definition) is 5. The molecule has 0 fully saturated rings. The van der Waals surface area contributed by atoms with Gasteiger partial charge >= 0.3 is 5.97 Å². The van der Waals surface area contributed by atoms with E-state index >= 15 is 0 Å². The van der Waals surface area contributed by atoms with Crippen LogP contribution in [0.5, 0.6) is 5.75 Å². The Morgan fingerprint density at radius 3 is 2.63 bits per heavy atom. The van der Waals surface area contributed by atoms with Gasteiger partial charge < -0.3 is 14.8 Å². The van der Waals surface area contributed by atoms with Crippen LogP contribution in [0.25, 0.3) is 0 Å². The molecule has 2 aromatic rings. The minimum Gasteiger partial charge on any atom is -0.481 e. The summed E-state index contributed by atoms with van der Waals surface area (Å²) in [6.07, 6.45) is 2.07. The van der Waals surface area contributed by atoms with Gasteiger partial charge in [-0.2, -0.15) is 0 Å². The number of esters is 1. The quantitative estimate of drug-likeness (QED) is 0.646. The molecule has 0 bridgehead atoms. The van der Waals surface area contributed by atoms with Crippen LogP contribution in [0.2, 0.25) is 0 Å². The highest BCUT2D eigenvalue weighted by Crippen LogP contribution is 2.44. The van der Waals surface area contributed by atoms with E-state index in [-0.39, 0.29) is 11.3 Å². The third-order valence-corrected chi connectivity index (χ3v) is 6.96. The van der Waals surface area contributed by atoms with Gasteiger partial charge in [-0.25, -0.2) is 4.79 Å². The lowest BCUT2D eigenvalue weighted by Crippen LogP contribution is -2.30. The predicted octanol–water partition coefficient (Wildman–Crippen LogP) is 5.40. The lowest BCUT2D eigenvalue weighted by molar-refractivity contribution is -0.122. The van der Waals surface area contributed by atoms with Gasteiger partial charge in [0.1, 0.15) is 10.8 Å². The maximum atomic E-state index is 12.8. The number of amides is 1. The maximum absolute atomic E-state index is 12.8. The van der Waals surface area contributed by atoms with Crippen molar-refractivity contribution in [3.05, 3.63) is 45.8 Å². The van der Waals surface area contributed by atoms with E-state index in [1.165, 1.54) is 23.3 Å². The monoisotopic (exact) mass is 429 g/mol. The van der Waals surface area contributed by atoms with Crippen molar-refractivity contribution in [2.24, 2.45) is 11.3 Å². The maximum Gasteiger partial charge on any atom is 0.341 e. The smallest absolute Gasteiger partial charge is 0.341 e. The average molecular weight is 430 g/mol. The number of carbonyl (C=O) groups excluding carboxylic acids is 2. The van der Waals surface area contributed by atoms with Crippen LogP contribution < -0.4 is 10.1 Å². The second kappa shape index (κ2) is 8.80. The number of aryl methyl sites for hydroxylation is 1. The van der Waals surface area contributed by atoms with Crippen LogP contribution in [0.3, 0.4) is 0 Å². The van der Waals surface area contributed by atoms with E-state index < -0.39 is 12.1 Å². The SMILES string of the molecule is COC(=O)c1c(NC(=O)C(C)Oc2cccc(C)c2)sc2c1CCC(C(C)(C)C)C2. The van der Waals surface area contributed by atoms with Crippen LogP contribution in [-0.4, -0.2) is 25.1 Å². The Bertz CT molecular complexity index is 941. The molecule has 5 nitrogen and oxygen atoms in total. The van der Waals surface area contributed by atoms with Gasteiger partial charge in [0, 0.05) is 4.88 Å². The van der Waals surface area contributed by atoms with E-state index in [4.69, 9.17) is 9.47 Å². The molecule has 6 heteroatoms. The van der Waals surface area contributed by atoms with E-state index in [0.29, 0.717) is 22.2 Å². The fourth-order valence-corrected chi connectivity index (χ4v) is 5.21. The lowest BCUT2D eigenvalue weighted by atomic mass is 9.72. The number of anilines is 1. The summed E-state index contributed by atoms with van der Waals surface area (Å²) in [4.78, 5) is 26.5. The molecule has 1 aliphatic carbocycles. The topological polar surface area (TPSA) is 64.6 Å². The summed E-state index contributed by atoms with van der Waals surface area (Å²) in [6.45, 7) is 10.4. The molecule has 1 aromatic heterocycles. The summed E-state index contributed by atoms with van der Waals surface area (Å²) >= 11 is 1.49. The zero-order valence-electron chi connectivity index (χ0n) is 18.6. The summed E-state index contributed by atoms with van der Waals surface area (Å²) in [5, 5.41) is 3.49. The fourth-order valence-electron chi connectivity index (χ4n) is 3.89. The molecule has 2 atom stereocenters. The van der Waals surface area contributed by atoms with Crippen LogP contribution in [0.4, 0.5) is 5.00 Å². The molecule has 0 aliphatic heterocycles. The highest BCUT2D eigenvalue weighted by atomic mass is 32.1. The Balaban J connectivity index is 1.82. The van der Waals surface area contributed by atoms with Gasteiger partial charge in [0.15, 0.2) is 6.10 Å². The Labute approximate surface area is 182 Å². The van der Waals surface area contributed by atoms with Crippen LogP contribution >= 0.6 is 11.3 Å². The number of carbonyl (C=O) groups is 2. The molecule has 30 heavy (non-hydrogen) atoms. The van der Waals surface area contributed by atoms with Crippen LogP contribution in [0.1, 0.15) is 60.5 Å². The van der Waals surface area contributed by atoms with Crippen molar-refractivity contribution in [1.29, 1.82) is 0 Å². The first-order valence-corrected chi connectivity index (χ1v) is 11.2. The molecule has 0 radical (unpaired) electrons. The molecule has 1 aliphatic rings. The van der Waals surface area contributed by atoms with E-state index in [1.54, 1.807) is 6.92 Å². The molecule has 0 spiro atoms. The Morgan fingerprint density at radius 1 is 1.27 bits per heavy atom. The molecular weight excluding hydrogens is 398 g/mol. The minimum absolute atomic E-state index is 0.201. The first-order chi connectivity index (χ1) is 14.1. The van der Waals surface area contributed by atoms with Gasteiger partial charge in [0.2, 0.25) is 0 Å². The zero-order chi connectivity index (χ0) is 22.1. The largest absolute Gasteiger partial charge is 0.481 e. The number of ether oxygens (including phenoxy) is 2. The van der Waals surface area contributed by atoms with Gasteiger partial charge in [0.05, 0.1) is 12.7 Å². The molecular formula is C24H31NO4S. The number of benzene rings is 1. The van der Waals surface area contributed by atoms with Crippen molar-refractivity contribution in [2.45, 2.75) is 60.0 Å². The molecule has 1 N–H and O–H groups in total. The Kier molecular flexibility index (Phi) is 6.56. The lowest BCUT2D eigenvalue weighted by Gasteiger charge is -2.33. The van der Waals surface area contributed by atoms with Crippen LogP contribution in [0.15, 0.2) is 24.3 Å². The average Bonchev–Trinajstić information content (AvgIpc) is 3.03. The third-order valence-electron chi connectivity index (χ3n) is 5.79. The van der Waals surface area contributed by atoms with Crippen molar-refractivity contribution in [3.63, 3.8) is 0 Å². The molecule has 0 saturated heterocycles. The van der Waals surface area contributed by atoms with E-state index in [1.807, 2.05) is 31.2 Å². The molecule has 1 aromatic carbocycles. The fraction of sp³-hybridized carbons (Fsp3) is 0.500. The predicted molar refractivity (Wildman–Crippen MR) is 121 cm³/mol. The number of rotatable bonds is 5. The Hall–Kier alpha value is -2.34. The zero-order valence-corrected chi connectivity index (χ0v) is 19.4. The summed E-state index contributed by atoms with van der Waals surface area (Å²) in [7, 11) is 1.38. The molecule has 0 saturated carbocycles. The number of hydrogen-bond donors (Lipinski definition) is 1. The second-order valence-electron chi connectivity index (χ2n) is 9.07. The van der Waals surface area contributed by atoms with Gasteiger partial charge in [0.25, 0.3) is 5.91 Å². The van der Waals surface area contributed by atoms with Crippen molar-refractivity contribution >= 4 is 28.2 Å². The standard InChI is InChI=1S/C24H31NO4S/c1-14-8-7-9-17(12-14)29-15(2)21(26)25-22-20(23(27)28-6)18-11-10-16(24(3,4)5)13-19(18)30-22/h7-9,12,15-16H,10-11,13H2,1-6H3,(H,25,26). The number of thiophene rings is 1. The van der Waals surface area contributed by atoms with Gasteiger partial charge in [-0.15, -0.1) is 11.3 Å². The summed E-state index contributed by atoms with van der Waals surface area (Å²) in [6, 6.07) is 7.58. The number of fused-ring (bicyclic) bond motifs is 1. The summed E-state index contributed by atoms with van der Waals surface area (Å²) in [5.74, 6) is 0.502. The Morgan fingerprint density at radius 2 is 2.00 bits per heavy atom. The first kappa shape index (κ1) is 22.3. The van der Waals surface area contributed by atoms with Gasteiger partial charge in [-0.1, -0.05) is 32.9 Å². The second-order valence-corrected chi connectivity index (χ2v) is 10.2. The highest BCUT2D eigenvalue weighted by Gasteiger charge is 2.34. The van der Waals surface area contributed by atoms with Crippen molar-refractivity contribution in [1.82, 2.24) is 0 Å². The van der Waals surface area contributed by atoms with Crippen LogP contribution in [-0.2, 0) is 22.4 Å². The molecule has 1 amide bonds. The van der Waals surface area contributed by atoms with Crippen molar-refractivity contribution in [2.75, 3.05) is 12.4 Å². The first-order valence-electron chi connectivity index (χ1n) is 10.4. The third kappa shape index (κ3) is 4.86. The van der Waals surface area contributed by atoms with Crippen LogP contribution in [0, 0.1) is 18.3 Å². The summed E-state index contributed by atoms with van der Waals surface area (Å²) < 4.78 is 10.8. The molecule has 3 rings (SSSR count).